The molecule has 0 saturated carbocycles. The van der Waals surface area contributed by atoms with E-state index in [1.807, 2.05) is 6.07 Å². The van der Waals surface area contributed by atoms with Crippen molar-refractivity contribution in [3.63, 3.8) is 0 Å². The Bertz CT molecular complexity index is 310. The first kappa shape index (κ1) is 11.8. The molecule has 0 heterocycles. The summed E-state index contributed by atoms with van der Waals surface area (Å²) in [6, 6.07) is 7.13. The summed E-state index contributed by atoms with van der Waals surface area (Å²) in [4.78, 5) is 0. The molecule has 0 aliphatic heterocycles. The van der Waals surface area contributed by atoms with Crippen LogP contribution < -0.4 is 11.1 Å². The van der Waals surface area contributed by atoms with Crippen LogP contribution in [0.5, 0.6) is 0 Å². The van der Waals surface area contributed by atoms with Crippen LogP contribution >= 0.6 is 0 Å². The van der Waals surface area contributed by atoms with Gasteiger partial charge < -0.3 is 11.1 Å². The molecule has 0 spiro atoms. The molecule has 0 atom stereocenters. The molecule has 1 aromatic rings. The third-order valence-electron chi connectivity index (χ3n) is 1.87. The lowest BCUT2D eigenvalue weighted by atomic mass is 10.1. The van der Waals surface area contributed by atoms with Gasteiger partial charge in [0, 0.05) is 5.69 Å². The predicted molar refractivity (Wildman–Crippen MR) is 53.5 cm³/mol. The normalized spacial score (nSPS) is 11.7. The number of hydrogen-bond acceptors (Lipinski definition) is 2. The second-order valence-corrected chi connectivity index (χ2v) is 3.29. The maximum atomic E-state index is 11.8. The molecular weight excluding hydrogens is 205 g/mol. The monoisotopic (exact) mass is 218 g/mol. The van der Waals surface area contributed by atoms with E-state index in [2.05, 4.69) is 5.32 Å². The molecule has 0 unspecified atom stereocenters. The Kier molecular flexibility index (Phi) is 3.96. The third-order valence-corrected chi connectivity index (χ3v) is 1.87. The van der Waals surface area contributed by atoms with Gasteiger partial charge in [-0.3, -0.25) is 0 Å². The summed E-state index contributed by atoms with van der Waals surface area (Å²) in [6.45, 7) is -0.654. The van der Waals surface area contributed by atoms with Gasteiger partial charge in [0.15, 0.2) is 0 Å². The molecule has 0 aromatic heterocycles. The Morgan fingerprint density at radius 2 is 2.00 bits per heavy atom. The van der Waals surface area contributed by atoms with Crippen molar-refractivity contribution in [1.82, 2.24) is 5.32 Å². The van der Waals surface area contributed by atoms with Crippen molar-refractivity contribution < 1.29 is 13.2 Å². The second-order valence-electron chi connectivity index (χ2n) is 3.29. The van der Waals surface area contributed by atoms with Crippen LogP contribution in [0.3, 0.4) is 0 Å². The van der Waals surface area contributed by atoms with Crippen molar-refractivity contribution in [2.24, 2.45) is 0 Å². The molecular formula is C10H13F3N2. The highest BCUT2D eigenvalue weighted by atomic mass is 19.4. The molecule has 0 saturated heterocycles. The van der Waals surface area contributed by atoms with Crippen molar-refractivity contribution in [3.05, 3.63) is 29.8 Å². The Hall–Kier alpha value is -1.23. The summed E-state index contributed by atoms with van der Waals surface area (Å²) in [5, 5.41) is 2.33. The SMILES string of the molecule is Nc1cccc(CCNCC(F)(F)F)c1. The van der Waals surface area contributed by atoms with Crippen molar-refractivity contribution >= 4 is 5.69 Å². The standard InChI is InChI=1S/C10H13F3N2/c11-10(12,13)7-15-5-4-8-2-1-3-9(14)6-8/h1-3,6,15H,4-5,7,14H2. The topological polar surface area (TPSA) is 38.0 Å². The summed E-state index contributed by atoms with van der Waals surface area (Å²) in [6.07, 6.45) is -3.60. The van der Waals surface area contributed by atoms with E-state index in [9.17, 15) is 13.2 Å². The summed E-state index contributed by atoms with van der Waals surface area (Å²) in [5.41, 5.74) is 7.09. The minimum Gasteiger partial charge on any atom is -0.399 e. The van der Waals surface area contributed by atoms with E-state index in [0.29, 0.717) is 18.7 Å². The smallest absolute Gasteiger partial charge is 0.399 e. The zero-order valence-electron chi connectivity index (χ0n) is 8.14. The summed E-state index contributed by atoms with van der Waals surface area (Å²) in [5.74, 6) is 0. The molecule has 0 radical (unpaired) electrons. The van der Waals surface area contributed by atoms with Gasteiger partial charge >= 0.3 is 6.18 Å². The van der Waals surface area contributed by atoms with Crippen LogP contribution in [0.2, 0.25) is 0 Å². The Balaban J connectivity index is 2.26. The average Bonchev–Trinajstić information content (AvgIpc) is 2.11. The fraction of sp³-hybridized carbons (Fsp3) is 0.400. The average molecular weight is 218 g/mol. The fourth-order valence-electron chi connectivity index (χ4n) is 1.21. The third kappa shape index (κ3) is 5.27. The predicted octanol–water partition coefficient (Wildman–Crippen LogP) is 1.96. The quantitative estimate of drug-likeness (QED) is 0.599. The van der Waals surface area contributed by atoms with Gasteiger partial charge in [-0.05, 0) is 30.7 Å². The van der Waals surface area contributed by atoms with Gasteiger partial charge in [0.05, 0.1) is 6.54 Å². The lowest BCUT2D eigenvalue weighted by Gasteiger charge is -2.08. The molecule has 0 fully saturated rings. The Morgan fingerprint density at radius 3 is 2.60 bits per heavy atom. The first-order chi connectivity index (χ1) is 6.97. The molecule has 84 valence electrons. The number of halogens is 3. The summed E-state index contributed by atoms with van der Waals surface area (Å²) < 4.78 is 35.3. The highest BCUT2D eigenvalue weighted by Crippen LogP contribution is 2.12. The first-order valence-corrected chi connectivity index (χ1v) is 4.59. The molecule has 1 rings (SSSR count). The Labute approximate surface area is 86.3 Å². The zero-order chi connectivity index (χ0) is 11.3. The van der Waals surface area contributed by atoms with Crippen LogP contribution in [-0.4, -0.2) is 19.3 Å². The number of nitrogen functional groups attached to an aromatic ring is 1. The number of benzene rings is 1. The molecule has 2 nitrogen and oxygen atoms in total. The fourth-order valence-corrected chi connectivity index (χ4v) is 1.21. The highest BCUT2D eigenvalue weighted by molar-refractivity contribution is 5.40. The maximum Gasteiger partial charge on any atom is 0.401 e. The number of anilines is 1. The van der Waals surface area contributed by atoms with Crippen molar-refractivity contribution in [2.75, 3.05) is 18.8 Å². The van der Waals surface area contributed by atoms with Gasteiger partial charge in [-0.15, -0.1) is 0 Å². The summed E-state index contributed by atoms with van der Waals surface area (Å²) >= 11 is 0. The molecule has 0 aliphatic carbocycles. The lowest BCUT2D eigenvalue weighted by Crippen LogP contribution is -2.30. The minimum atomic E-state index is -4.14. The minimum absolute atomic E-state index is 0.295. The van der Waals surface area contributed by atoms with Crippen LogP contribution in [-0.2, 0) is 6.42 Å². The number of nitrogens with two attached hydrogens (primary N) is 1. The van der Waals surface area contributed by atoms with Gasteiger partial charge in [0.25, 0.3) is 0 Å². The van der Waals surface area contributed by atoms with Gasteiger partial charge in [0.1, 0.15) is 0 Å². The largest absolute Gasteiger partial charge is 0.401 e. The number of nitrogens with one attached hydrogen (secondary N) is 1. The van der Waals surface area contributed by atoms with Gasteiger partial charge in [0.2, 0.25) is 0 Å². The Morgan fingerprint density at radius 1 is 1.27 bits per heavy atom. The molecule has 0 amide bonds. The molecule has 0 bridgehead atoms. The van der Waals surface area contributed by atoms with Gasteiger partial charge in [-0.1, -0.05) is 12.1 Å². The van der Waals surface area contributed by atoms with Crippen molar-refractivity contribution in [2.45, 2.75) is 12.6 Å². The van der Waals surface area contributed by atoms with E-state index in [0.717, 1.165) is 5.56 Å². The van der Waals surface area contributed by atoms with E-state index in [-0.39, 0.29) is 0 Å². The molecule has 15 heavy (non-hydrogen) atoms. The van der Waals surface area contributed by atoms with E-state index < -0.39 is 12.7 Å². The molecule has 3 N–H and O–H groups in total. The van der Waals surface area contributed by atoms with E-state index in [1.54, 1.807) is 18.2 Å². The second kappa shape index (κ2) is 5.02. The number of rotatable bonds is 4. The van der Waals surface area contributed by atoms with Gasteiger partial charge in [-0.25, -0.2) is 0 Å². The van der Waals surface area contributed by atoms with Crippen LogP contribution in [0.4, 0.5) is 18.9 Å². The van der Waals surface area contributed by atoms with Crippen LogP contribution in [0, 0.1) is 0 Å². The van der Waals surface area contributed by atoms with E-state index in [4.69, 9.17) is 5.73 Å². The summed E-state index contributed by atoms with van der Waals surface area (Å²) in [7, 11) is 0. The van der Waals surface area contributed by atoms with Crippen molar-refractivity contribution in [3.8, 4) is 0 Å². The van der Waals surface area contributed by atoms with E-state index >= 15 is 0 Å². The number of hydrogen-bond donors (Lipinski definition) is 2. The molecule has 0 aliphatic rings. The maximum absolute atomic E-state index is 11.8. The van der Waals surface area contributed by atoms with Gasteiger partial charge in [-0.2, -0.15) is 13.2 Å². The highest BCUT2D eigenvalue weighted by Gasteiger charge is 2.25. The first-order valence-electron chi connectivity index (χ1n) is 4.59. The number of alkyl halides is 3. The van der Waals surface area contributed by atoms with Crippen LogP contribution in [0.1, 0.15) is 5.56 Å². The zero-order valence-corrected chi connectivity index (χ0v) is 8.14. The van der Waals surface area contributed by atoms with Crippen molar-refractivity contribution in [1.29, 1.82) is 0 Å². The van der Waals surface area contributed by atoms with E-state index in [1.165, 1.54) is 0 Å². The van der Waals surface area contributed by atoms with Crippen LogP contribution in [0.15, 0.2) is 24.3 Å². The lowest BCUT2D eigenvalue weighted by molar-refractivity contribution is -0.124. The van der Waals surface area contributed by atoms with Crippen LogP contribution in [0.25, 0.3) is 0 Å². The molecule has 1 aromatic carbocycles. The molecule has 5 heteroatoms.